The SMILES string of the molecule is CC[C@H]1CN(CCS(C)(=O)=O)[C@@H](C)C[C@H]1c1sc2[nH]c(-c3cn4ncnc4c(C)c3C)c(C(C)C)c2c1C. The number of pyridine rings is 1. The lowest BCUT2D eigenvalue weighted by Crippen LogP contribution is -2.46. The number of aryl methyl sites for hydroxylation is 2. The van der Waals surface area contributed by atoms with Crippen LogP contribution in [0.4, 0.5) is 0 Å². The van der Waals surface area contributed by atoms with Crippen molar-refractivity contribution in [2.24, 2.45) is 5.92 Å². The Morgan fingerprint density at radius 1 is 1.18 bits per heavy atom. The predicted octanol–water partition coefficient (Wildman–Crippen LogP) is 6.24. The molecular weight excluding hydrogens is 514 g/mol. The molecule has 0 unspecified atom stereocenters. The van der Waals surface area contributed by atoms with Crippen LogP contribution in [0.1, 0.15) is 79.5 Å². The zero-order valence-corrected chi connectivity index (χ0v) is 25.6. The van der Waals surface area contributed by atoms with Crippen molar-refractivity contribution in [3.05, 3.63) is 39.7 Å². The Hall–Kier alpha value is -2.23. The summed E-state index contributed by atoms with van der Waals surface area (Å²) in [5.74, 6) is 1.62. The van der Waals surface area contributed by atoms with Crippen LogP contribution in [0.5, 0.6) is 0 Å². The van der Waals surface area contributed by atoms with Crippen LogP contribution in [0.3, 0.4) is 0 Å². The third-order valence-corrected chi connectivity index (χ3v) is 11.1. The Bertz CT molecular complexity index is 1590. The molecule has 5 rings (SSSR count). The molecule has 0 amide bonds. The molecule has 9 heteroatoms. The van der Waals surface area contributed by atoms with Gasteiger partial charge in [0.25, 0.3) is 0 Å². The number of sulfone groups is 1. The van der Waals surface area contributed by atoms with Crippen LogP contribution < -0.4 is 0 Å². The molecule has 1 fully saturated rings. The van der Waals surface area contributed by atoms with Gasteiger partial charge in [0.05, 0.1) is 11.4 Å². The summed E-state index contributed by atoms with van der Waals surface area (Å²) >= 11 is 1.93. The number of piperidine rings is 1. The minimum absolute atomic E-state index is 0.235. The summed E-state index contributed by atoms with van der Waals surface area (Å²) in [5.41, 5.74) is 8.48. The molecule has 4 aromatic rings. The van der Waals surface area contributed by atoms with Crippen molar-refractivity contribution in [2.75, 3.05) is 25.1 Å². The number of fused-ring (bicyclic) bond motifs is 2. The first-order chi connectivity index (χ1) is 17.9. The molecule has 0 aromatic carbocycles. The quantitative estimate of drug-likeness (QED) is 0.292. The molecule has 1 aliphatic heterocycles. The summed E-state index contributed by atoms with van der Waals surface area (Å²) < 4.78 is 25.5. The highest BCUT2D eigenvalue weighted by Gasteiger charge is 2.36. The fourth-order valence-corrected chi connectivity index (χ4v) is 8.49. The van der Waals surface area contributed by atoms with Crippen LogP contribution in [-0.4, -0.2) is 64.0 Å². The molecule has 5 heterocycles. The van der Waals surface area contributed by atoms with Crippen molar-refractivity contribution in [3.63, 3.8) is 0 Å². The zero-order chi connectivity index (χ0) is 27.5. The van der Waals surface area contributed by atoms with Crippen molar-refractivity contribution in [2.45, 2.75) is 79.2 Å². The highest BCUT2D eigenvalue weighted by Crippen LogP contribution is 2.48. The predicted molar refractivity (Wildman–Crippen MR) is 158 cm³/mol. The van der Waals surface area contributed by atoms with Gasteiger partial charge in [0.1, 0.15) is 21.0 Å². The van der Waals surface area contributed by atoms with Crippen molar-refractivity contribution in [1.29, 1.82) is 0 Å². The van der Waals surface area contributed by atoms with E-state index in [0.29, 0.717) is 30.3 Å². The molecule has 3 atom stereocenters. The van der Waals surface area contributed by atoms with E-state index in [1.54, 1.807) is 6.33 Å². The number of aromatic nitrogens is 4. The fraction of sp³-hybridized carbons (Fsp3) is 0.586. The van der Waals surface area contributed by atoms with Crippen LogP contribution in [0, 0.1) is 26.7 Å². The molecule has 7 nitrogen and oxygen atoms in total. The smallest absolute Gasteiger partial charge is 0.158 e. The van der Waals surface area contributed by atoms with E-state index in [0.717, 1.165) is 30.6 Å². The van der Waals surface area contributed by atoms with E-state index in [1.807, 2.05) is 15.9 Å². The third kappa shape index (κ3) is 4.71. The number of hydrogen-bond acceptors (Lipinski definition) is 6. The molecule has 0 spiro atoms. The van der Waals surface area contributed by atoms with Crippen molar-refractivity contribution >= 4 is 37.0 Å². The van der Waals surface area contributed by atoms with E-state index in [4.69, 9.17) is 0 Å². The average molecular weight is 556 g/mol. The van der Waals surface area contributed by atoms with Crippen molar-refractivity contribution in [1.82, 2.24) is 24.5 Å². The van der Waals surface area contributed by atoms with E-state index in [9.17, 15) is 8.42 Å². The summed E-state index contributed by atoms with van der Waals surface area (Å²) in [5, 5.41) is 5.81. The maximum absolute atomic E-state index is 11.8. The lowest BCUT2D eigenvalue weighted by Gasteiger charge is -2.42. The molecule has 206 valence electrons. The molecule has 1 N–H and O–H groups in total. The van der Waals surface area contributed by atoms with Gasteiger partial charge in [0.15, 0.2) is 5.65 Å². The maximum Gasteiger partial charge on any atom is 0.158 e. The van der Waals surface area contributed by atoms with Gasteiger partial charge in [-0.2, -0.15) is 5.10 Å². The highest BCUT2D eigenvalue weighted by atomic mass is 32.2. The Balaban J connectivity index is 1.56. The number of nitrogens with zero attached hydrogens (tertiary/aromatic N) is 4. The standard InChI is InChI=1S/C29H41N5O2S2/c1-9-21-13-33(10-11-38(8,35)36)17(4)12-22(21)27-20(7)25-24(16(2)3)26(32-29(25)37-27)23-14-34-28(30-15-31-34)19(6)18(23)5/h14-17,21-22,32H,9-13H2,1-8H3/t17-,21-,22+/m0/s1. The first-order valence-corrected chi connectivity index (χ1v) is 16.6. The van der Waals surface area contributed by atoms with E-state index in [2.05, 4.69) is 74.6 Å². The summed E-state index contributed by atoms with van der Waals surface area (Å²) in [6.07, 6.45) is 7.24. The normalized spacial score (nSPS) is 21.3. The van der Waals surface area contributed by atoms with Crippen molar-refractivity contribution < 1.29 is 8.42 Å². The van der Waals surface area contributed by atoms with Gasteiger partial charge in [0, 0.05) is 47.4 Å². The van der Waals surface area contributed by atoms with Gasteiger partial charge in [-0.1, -0.05) is 27.2 Å². The monoisotopic (exact) mass is 555 g/mol. The number of H-pyrrole nitrogens is 1. The van der Waals surface area contributed by atoms with Gasteiger partial charge in [-0.25, -0.2) is 17.9 Å². The molecule has 0 saturated carbocycles. The van der Waals surface area contributed by atoms with Crippen LogP contribution in [0.15, 0.2) is 12.5 Å². The first kappa shape index (κ1) is 27.3. The zero-order valence-electron chi connectivity index (χ0n) is 23.9. The molecule has 1 aliphatic rings. The second-order valence-electron chi connectivity index (χ2n) is 11.7. The first-order valence-electron chi connectivity index (χ1n) is 13.8. The molecule has 1 saturated heterocycles. The summed E-state index contributed by atoms with van der Waals surface area (Å²) in [7, 11) is -2.96. The van der Waals surface area contributed by atoms with E-state index in [-0.39, 0.29) is 5.75 Å². The number of aromatic amines is 1. The Morgan fingerprint density at radius 3 is 2.58 bits per heavy atom. The molecule has 0 radical (unpaired) electrons. The molecular formula is C29H41N5O2S2. The topological polar surface area (TPSA) is 83.4 Å². The summed E-state index contributed by atoms with van der Waals surface area (Å²) in [6.45, 7) is 17.3. The van der Waals surface area contributed by atoms with Crippen LogP contribution in [0.2, 0.25) is 0 Å². The van der Waals surface area contributed by atoms with Crippen LogP contribution in [-0.2, 0) is 9.84 Å². The van der Waals surface area contributed by atoms with E-state index >= 15 is 0 Å². The third-order valence-electron chi connectivity index (χ3n) is 8.80. The van der Waals surface area contributed by atoms with Crippen molar-refractivity contribution in [3.8, 4) is 11.3 Å². The van der Waals surface area contributed by atoms with Gasteiger partial charge in [-0.15, -0.1) is 11.3 Å². The number of hydrogen-bond donors (Lipinski definition) is 1. The average Bonchev–Trinajstić information content (AvgIpc) is 3.54. The van der Waals surface area contributed by atoms with Gasteiger partial charge in [0.2, 0.25) is 0 Å². The Kier molecular flexibility index (Phi) is 7.24. The number of nitrogens with one attached hydrogen (secondary N) is 1. The lowest BCUT2D eigenvalue weighted by atomic mass is 9.78. The van der Waals surface area contributed by atoms with Gasteiger partial charge >= 0.3 is 0 Å². The van der Waals surface area contributed by atoms with Crippen LogP contribution >= 0.6 is 11.3 Å². The molecule has 0 aliphatic carbocycles. The molecule has 0 bridgehead atoms. The molecule has 38 heavy (non-hydrogen) atoms. The number of likely N-dealkylation sites (tertiary alicyclic amines) is 1. The minimum Gasteiger partial charge on any atom is -0.346 e. The maximum atomic E-state index is 11.8. The second kappa shape index (κ2) is 10.1. The minimum atomic E-state index is -2.96. The molecule has 4 aromatic heterocycles. The summed E-state index contributed by atoms with van der Waals surface area (Å²) in [4.78, 5) is 13.5. The number of thiophene rings is 1. The largest absolute Gasteiger partial charge is 0.346 e. The fourth-order valence-electron chi connectivity index (χ4n) is 6.49. The van der Waals surface area contributed by atoms with Crippen LogP contribution in [0.25, 0.3) is 27.1 Å². The Labute approximate surface area is 230 Å². The Morgan fingerprint density at radius 2 is 1.92 bits per heavy atom. The highest BCUT2D eigenvalue weighted by molar-refractivity contribution is 7.90. The van der Waals surface area contributed by atoms with Gasteiger partial charge in [-0.3, -0.25) is 4.90 Å². The van der Waals surface area contributed by atoms with Gasteiger partial charge in [-0.05, 0) is 74.1 Å². The van der Waals surface area contributed by atoms with Gasteiger partial charge < -0.3 is 4.98 Å². The van der Waals surface area contributed by atoms with E-state index in [1.165, 1.54) is 49.3 Å². The summed E-state index contributed by atoms with van der Waals surface area (Å²) in [6, 6.07) is 0.365. The second-order valence-corrected chi connectivity index (χ2v) is 15.0. The lowest BCUT2D eigenvalue weighted by molar-refractivity contribution is 0.105. The number of rotatable bonds is 7. The van der Waals surface area contributed by atoms with E-state index < -0.39 is 9.84 Å².